The molecule has 84 valence electrons. The number of Topliss-reactive ketones (excluding diaryl/α,β-unsaturated/α-hetero) is 1. The fourth-order valence-electron chi connectivity index (χ4n) is 1.56. The lowest BCUT2D eigenvalue weighted by Gasteiger charge is -2.05. The highest BCUT2D eigenvalue weighted by atomic mass is 32.1. The van der Waals surface area contributed by atoms with Crippen LogP contribution in [0.15, 0.2) is 0 Å². The summed E-state index contributed by atoms with van der Waals surface area (Å²) in [6.45, 7) is 6.62. The van der Waals surface area contributed by atoms with Gasteiger partial charge in [-0.15, -0.1) is 16.9 Å². The summed E-state index contributed by atoms with van der Waals surface area (Å²) in [7, 11) is -1.35. The van der Waals surface area contributed by atoms with Crippen LogP contribution in [0.1, 0.15) is 33.2 Å². The summed E-state index contributed by atoms with van der Waals surface area (Å²) in [4.78, 5) is 16.9. The minimum absolute atomic E-state index is 0.250. The standard InChI is InChI=1S/C12H15NOSSi/c1-16(2,3)8-7-11-13-9-5-4-6-10(14)12(9)15-11/h4-6H2,1-3H3. The first kappa shape index (κ1) is 11.6. The smallest absolute Gasteiger partial charge is 0.174 e. The highest BCUT2D eigenvalue weighted by molar-refractivity contribution is 7.14. The molecule has 16 heavy (non-hydrogen) atoms. The van der Waals surface area contributed by atoms with Crippen molar-refractivity contribution in [2.24, 2.45) is 0 Å². The number of hydrogen-bond donors (Lipinski definition) is 0. The Balaban J connectivity index is 2.31. The van der Waals surface area contributed by atoms with Gasteiger partial charge in [0.05, 0.1) is 10.6 Å². The second-order valence-corrected chi connectivity index (χ2v) is 10.8. The zero-order valence-electron chi connectivity index (χ0n) is 9.89. The quantitative estimate of drug-likeness (QED) is 0.523. The Hall–Kier alpha value is -0.923. The molecule has 0 atom stereocenters. The number of aryl methyl sites for hydroxylation is 1. The molecule has 1 heterocycles. The molecule has 0 unspecified atom stereocenters. The van der Waals surface area contributed by atoms with E-state index >= 15 is 0 Å². The van der Waals surface area contributed by atoms with E-state index in [4.69, 9.17) is 0 Å². The number of carbonyl (C=O) groups is 1. The van der Waals surface area contributed by atoms with E-state index in [-0.39, 0.29) is 5.78 Å². The molecule has 1 aromatic heterocycles. The van der Waals surface area contributed by atoms with Crippen LogP contribution in [0.2, 0.25) is 19.6 Å². The summed E-state index contributed by atoms with van der Waals surface area (Å²) in [5.41, 5.74) is 4.26. The molecule has 0 N–H and O–H groups in total. The van der Waals surface area contributed by atoms with Crippen LogP contribution in [0.25, 0.3) is 0 Å². The van der Waals surface area contributed by atoms with Crippen molar-refractivity contribution < 1.29 is 4.79 Å². The highest BCUT2D eigenvalue weighted by Crippen LogP contribution is 2.26. The van der Waals surface area contributed by atoms with Gasteiger partial charge in [0.15, 0.2) is 10.8 Å². The summed E-state index contributed by atoms with van der Waals surface area (Å²) in [5, 5.41) is 0.822. The maximum Gasteiger partial charge on any atom is 0.174 e. The highest BCUT2D eigenvalue weighted by Gasteiger charge is 2.21. The molecular weight excluding hydrogens is 234 g/mol. The minimum atomic E-state index is -1.35. The molecule has 0 fully saturated rings. The van der Waals surface area contributed by atoms with Crippen LogP contribution in [0, 0.1) is 11.5 Å². The van der Waals surface area contributed by atoms with Crippen LogP contribution in [-0.4, -0.2) is 18.8 Å². The predicted molar refractivity (Wildman–Crippen MR) is 69.6 cm³/mol. The van der Waals surface area contributed by atoms with E-state index < -0.39 is 8.07 Å². The Morgan fingerprint density at radius 2 is 2.06 bits per heavy atom. The topological polar surface area (TPSA) is 30.0 Å². The van der Waals surface area contributed by atoms with Crippen LogP contribution < -0.4 is 0 Å². The SMILES string of the molecule is C[Si](C)(C)C#Cc1nc2c(s1)C(=O)CCC2. The van der Waals surface area contributed by atoms with Gasteiger partial charge in [0.25, 0.3) is 0 Å². The van der Waals surface area contributed by atoms with Crippen molar-refractivity contribution in [2.45, 2.75) is 38.9 Å². The van der Waals surface area contributed by atoms with Crippen molar-refractivity contribution in [1.82, 2.24) is 4.98 Å². The number of ketones is 1. The molecule has 0 radical (unpaired) electrons. The molecule has 0 saturated carbocycles. The number of hydrogen-bond acceptors (Lipinski definition) is 3. The molecule has 0 aromatic carbocycles. The number of thiazole rings is 1. The third-order valence-electron chi connectivity index (χ3n) is 2.31. The Labute approximate surface area is 101 Å². The molecular formula is C12H15NOSSi. The average Bonchev–Trinajstić information content (AvgIpc) is 2.58. The number of aromatic nitrogens is 1. The van der Waals surface area contributed by atoms with E-state index in [2.05, 4.69) is 36.1 Å². The van der Waals surface area contributed by atoms with E-state index in [1.54, 1.807) is 0 Å². The van der Waals surface area contributed by atoms with Gasteiger partial charge in [-0.1, -0.05) is 19.6 Å². The lowest BCUT2D eigenvalue weighted by molar-refractivity contribution is 0.0976. The van der Waals surface area contributed by atoms with Crippen molar-refractivity contribution in [1.29, 1.82) is 0 Å². The van der Waals surface area contributed by atoms with Crippen molar-refractivity contribution in [3.63, 3.8) is 0 Å². The molecule has 1 aromatic rings. The second-order valence-electron chi connectivity index (χ2n) is 5.07. The van der Waals surface area contributed by atoms with E-state index in [0.29, 0.717) is 6.42 Å². The number of carbonyl (C=O) groups excluding carboxylic acids is 1. The third-order valence-corrected chi connectivity index (χ3v) is 4.24. The zero-order valence-corrected chi connectivity index (χ0v) is 11.7. The fourth-order valence-corrected chi connectivity index (χ4v) is 3.08. The van der Waals surface area contributed by atoms with Crippen LogP contribution in [0.4, 0.5) is 0 Å². The molecule has 2 nitrogen and oxygen atoms in total. The van der Waals surface area contributed by atoms with Gasteiger partial charge in [0.1, 0.15) is 8.07 Å². The van der Waals surface area contributed by atoms with Gasteiger partial charge < -0.3 is 0 Å². The first-order valence-electron chi connectivity index (χ1n) is 5.52. The normalized spacial score (nSPS) is 15.3. The van der Waals surface area contributed by atoms with Gasteiger partial charge in [-0.05, 0) is 18.8 Å². The van der Waals surface area contributed by atoms with Gasteiger partial charge in [0, 0.05) is 6.42 Å². The van der Waals surface area contributed by atoms with Crippen molar-refractivity contribution in [2.75, 3.05) is 0 Å². The molecule has 0 amide bonds. The van der Waals surface area contributed by atoms with Gasteiger partial charge in [-0.2, -0.15) is 0 Å². The van der Waals surface area contributed by atoms with Crippen LogP contribution in [0.5, 0.6) is 0 Å². The molecule has 4 heteroatoms. The first-order valence-corrected chi connectivity index (χ1v) is 9.83. The average molecular weight is 249 g/mol. The summed E-state index contributed by atoms with van der Waals surface area (Å²) in [5.74, 6) is 3.38. The first-order chi connectivity index (χ1) is 7.46. The summed E-state index contributed by atoms with van der Waals surface area (Å²) < 4.78 is 0. The predicted octanol–water partition coefficient (Wildman–Crippen LogP) is 2.89. The van der Waals surface area contributed by atoms with Gasteiger partial charge in [-0.3, -0.25) is 4.79 Å². The van der Waals surface area contributed by atoms with E-state index in [1.807, 2.05) is 0 Å². The number of nitrogens with zero attached hydrogens (tertiary/aromatic N) is 1. The molecule has 0 saturated heterocycles. The maximum absolute atomic E-state index is 11.6. The molecule has 1 aliphatic carbocycles. The van der Waals surface area contributed by atoms with Gasteiger partial charge in [-0.25, -0.2) is 4.98 Å². The Morgan fingerprint density at radius 3 is 2.69 bits per heavy atom. The van der Waals surface area contributed by atoms with Crippen LogP contribution in [0.3, 0.4) is 0 Å². The summed E-state index contributed by atoms with van der Waals surface area (Å²) in [6.07, 6.45) is 2.55. The van der Waals surface area contributed by atoms with Crippen molar-refractivity contribution in [3.05, 3.63) is 15.6 Å². The van der Waals surface area contributed by atoms with E-state index in [1.165, 1.54) is 11.3 Å². The number of fused-ring (bicyclic) bond motifs is 1. The minimum Gasteiger partial charge on any atom is -0.293 e. The largest absolute Gasteiger partial charge is 0.293 e. The van der Waals surface area contributed by atoms with Crippen LogP contribution in [-0.2, 0) is 6.42 Å². The molecule has 2 rings (SSSR count). The van der Waals surface area contributed by atoms with E-state index in [0.717, 1.165) is 28.4 Å². The van der Waals surface area contributed by atoms with Gasteiger partial charge >= 0.3 is 0 Å². The molecule has 0 aliphatic heterocycles. The lowest BCUT2D eigenvalue weighted by Crippen LogP contribution is -2.16. The van der Waals surface area contributed by atoms with Crippen molar-refractivity contribution in [3.8, 4) is 11.5 Å². The fraction of sp³-hybridized carbons (Fsp3) is 0.500. The van der Waals surface area contributed by atoms with Crippen LogP contribution >= 0.6 is 11.3 Å². The second kappa shape index (κ2) is 4.15. The Morgan fingerprint density at radius 1 is 1.31 bits per heavy atom. The van der Waals surface area contributed by atoms with Gasteiger partial charge in [0.2, 0.25) is 0 Å². The Bertz CT molecular complexity index is 487. The molecule has 0 bridgehead atoms. The summed E-state index contributed by atoms with van der Waals surface area (Å²) in [6, 6.07) is 0. The van der Waals surface area contributed by atoms with E-state index in [9.17, 15) is 4.79 Å². The lowest BCUT2D eigenvalue weighted by atomic mass is 10.0. The third kappa shape index (κ3) is 2.60. The monoisotopic (exact) mass is 249 g/mol. The summed E-state index contributed by atoms with van der Waals surface area (Å²) >= 11 is 1.47. The molecule has 1 aliphatic rings. The molecule has 0 spiro atoms. The Kier molecular flexibility index (Phi) is 3.00. The zero-order chi connectivity index (χ0) is 11.8. The van der Waals surface area contributed by atoms with Crippen molar-refractivity contribution >= 4 is 25.2 Å². The number of rotatable bonds is 0. The maximum atomic E-state index is 11.6.